The molecule has 9 nitrogen and oxygen atoms in total. The summed E-state index contributed by atoms with van der Waals surface area (Å²) < 4.78 is 11.6. The van der Waals surface area contributed by atoms with E-state index >= 15 is 0 Å². The quantitative estimate of drug-likeness (QED) is 0.719. The highest BCUT2D eigenvalue weighted by Gasteiger charge is 2.31. The van der Waals surface area contributed by atoms with Gasteiger partial charge in [-0.15, -0.1) is 5.10 Å². The van der Waals surface area contributed by atoms with Crippen LogP contribution >= 0.6 is 0 Å². The van der Waals surface area contributed by atoms with Crippen LogP contribution in [0, 0.1) is 5.92 Å². The zero-order valence-corrected chi connectivity index (χ0v) is 14.2. The fourth-order valence-electron chi connectivity index (χ4n) is 2.97. The molecule has 0 bridgehead atoms. The number of primary amides is 1. The van der Waals surface area contributed by atoms with E-state index in [4.69, 9.17) is 15.2 Å². The summed E-state index contributed by atoms with van der Waals surface area (Å²) in [5, 5.41) is 8.20. The average molecular weight is 360 g/mol. The molecule has 1 amide bonds. The van der Waals surface area contributed by atoms with Gasteiger partial charge >= 0.3 is 5.97 Å². The number of fused-ring (bicyclic) bond motifs is 1. The molecule has 1 aliphatic rings. The normalized spacial score (nSPS) is 16.3. The number of carbonyl (C=O) groups is 2. The van der Waals surface area contributed by atoms with Crippen LogP contribution in [-0.4, -0.2) is 46.2 Å². The van der Waals surface area contributed by atoms with E-state index in [1.807, 2.05) is 0 Å². The molecule has 0 saturated carbocycles. The van der Waals surface area contributed by atoms with Crippen LogP contribution in [0.5, 0.6) is 0 Å². The lowest BCUT2D eigenvalue weighted by Gasteiger charge is -2.27. The second-order valence-electron chi connectivity index (χ2n) is 6.15. The van der Waals surface area contributed by atoms with Gasteiger partial charge in [-0.2, -0.15) is 0 Å². The molecule has 0 spiro atoms. The fourth-order valence-corrected chi connectivity index (χ4v) is 2.97. The number of hydrogen-bond donors (Lipinski definition) is 1. The fraction of sp³-hybridized carbons (Fsp3) is 0.471. The van der Waals surface area contributed by atoms with Gasteiger partial charge in [-0.25, -0.2) is 4.68 Å². The van der Waals surface area contributed by atoms with Gasteiger partial charge in [0, 0.05) is 19.1 Å². The van der Waals surface area contributed by atoms with Crippen molar-refractivity contribution in [2.45, 2.75) is 31.9 Å². The Labute approximate surface area is 149 Å². The number of carbonyl (C=O) groups excluding carboxylic acids is 2. The van der Waals surface area contributed by atoms with Crippen molar-refractivity contribution >= 4 is 22.8 Å². The van der Waals surface area contributed by atoms with Crippen molar-refractivity contribution in [3.05, 3.63) is 34.6 Å². The Kier molecular flexibility index (Phi) is 5.57. The molecule has 2 heterocycles. The Morgan fingerprint density at radius 1 is 1.31 bits per heavy atom. The van der Waals surface area contributed by atoms with Crippen molar-refractivity contribution in [2.75, 3.05) is 13.2 Å². The van der Waals surface area contributed by atoms with Crippen molar-refractivity contribution < 1.29 is 19.1 Å². The lowest BCUT2D eigenvalue weighted by Crippen LogP contribution is -2.41. The molecule has 0 radical (unpaired) electrons. The van der Waals surface area contributed by atoms with E-state index < -0.39 is 18.0 Å². The first-order chi connectivity index (χ1) is 12.6. The van der Waals surface area contributed by atoms with E-state index in [1.165, 1.54) is 0 Å². The van der Waals surface area contributed by atoms with Crippen molar-refractivity contribution in [1.82, 2.24) is 15.0 Å². The van der Waals surface area contributed by atoms with Crippen molar-refractivity contribution in [3.8, 4) is 0 Å². The van der Waals surface area contributed by atoms with E-state index in [0.717, 1.165) is 4.68 Å². The molecule has 138 valence electrons. The summed E-state index contributed by atoms with van der Waals surface area (Å²) in [7, 11) is 0. The number of aromatic nitrogens is 3. The first-order valence-corrected chi connectivity index (χ1v) is 8.45. The van der Waals surface area contributed by atoms with E-state index in [0.29, 0.717) is 37.0 Å². The second-order valence-corrected chi connectivity index (χ2v) is 6.15. The molecule has 1 saturated heterocycles. The van der Waals surface area contributed by atoms with Gasteiger partial charge in [0.2, 0.25) is 0 Å². The number of amides is 1. The van der Waals surface area contributed by atoms with Crippen LogP contribution in [0.25, 0.3) is 10.9 Å². The molecule has 1 aliphatic heterocycles. The minimum absolute atomic E-state index is 0.00869. The molecular weight excluding hydrogens is 340 g/mol. The van der Waals surface area contributed by atoms with Crippen LogP contribution in [0.15, 0.2) is 29.1 Å². The molecule has 9 heteroatoms. The molecule has 0 aliphatic carbocycles. The topological polar surface area (TPSA) is 126 Å². The highest BCUT2D eigenvalue weighted by molar-refractivity contribution is 5.82. The van der Waals surface area contributed by atoms with Gasteiger partial charge in [0.1, 0.15) is 5.52 Å². The summed E-state index contributed by atoms with van der Waals surface area (Å²) >= 11 is 0. The Bertz CT molecular complexity index is 860. The number of ether oxygens (including phenoxy) is 2. The average Bonchev–Trinajstić information content (AvgIpc) is 2.66. The Morgan fingerprint density at radius 3 is 2.77 bits per heavy atom. The maximum Gasteiger partial charge on any atom is 0.308 e. The van der Waals surface area contributed by atoms with Crippen LogP contribution in [-0.2, 0) is 25.6 Å². The predicted octanol–water partition coefficient (Wildman–Crippen LogP) is 0.00530. The lowest BCUT2D eigenvalue weighted by molar-refractivity contribution is -0.160. The van der Waals surface area contributed by atoms with Gasteiger partial charge in [0.25, 0.3) is 11.5 Å². The summed E-state index contributed by atoms with van der Waals surface area (Å²) in [6.07, 6.45) is 0.123. The molecule has 3 rings (SSSR count). The monoisotopic (exact) mass is 360 g/mol. The molecule has 1 atom stereocenters. The van der Waals surface area contributed by atoms with Crippen LogP contribution in [0.1, 0.15) is 19.3 Å². The smallest absolute Gasteiger partial charge is 0.308 e. The second kappa shape index (κ2) is 8.05. The van der Waals surface area contributed by atoms with Gasteiger partial charge in [-0.05, 0) is 25.0 Å². The maximum absolute atomic E-state index is 12.3. The molecule has 0 unspecified atom stereocenters. The van der Waals surface area contributed by atoms with Gasteiger partial charge in [0.15, 0.2) is 6.10 Å². The van der Waals surface area contributed by atoms with Crippen molar-refractivity contribution in [1.29, 1.82) is 0 Å². The van der Waals surface area contributed by atoms with E-state index in [1.54, 1.807) is 24.3 Å². The molecule has 2 N–H and O–H groups in total. The first-order valence-electron chi connectivity index (χ1n) is 8.45. The number of nitrogens with zero attached hydrogens (tertiary/aromatic N) is 3. The lowest BCUT2D eigenvalue weighted by atomic mass is 9.93. The summed E-state index contributed by atoms with van der Waals surface area (Å²) in [6.45, 7) is 1.02. The third kappa shape index (κ3) is 4.05. The summed E-state index contributed by atoms with van der Waals surface area (Å²) in [5.74, 6) is -1.43. The maximum atomic E-state index is 12.3. The largest absolute Gasteiger partial charge is 0.452 e. The molecule has 2 aromatic rings. The van der Waals surface area contributed by atoms with Gasteiger partial charge < -0.3 is 15.2 Å². The van der Waals surface area contributed by atoms with Gasteiger partial charge in [-0.3, -0.25) is 14.4 Å². The minimum atomic E-state index is -0.981. The number of benzene rings is 1. The minimum Gasteiger partial charge on any atom is -0.452 e. The van der Waals surface area contributed by atoms with Crippen LogP contribution in [0.2, 0.25) is 0 Å². The number of hydrogen-bond acceptors (Lipinski definition) is 7. The van der Waals surface area contributed by atoms with Gasteiger partial charge in [-0.1, -0.05) is 17.3 Å². The molecule has 1 fully saturated rings. The Balaban J connectivity index is 1.63. The van der Waals surface area contributed by atoms with Crippen LogP contribution in [0.3, 0.4) is 0 Å². The third-order valence-corrected chi connectivity index (χ3v) is 4.39. The number of rotatable bonds is 6. The van der Waals surface area contributed by atoms with Gasteiger partial charge in [0.05, 0.1) is 18.4 Å². The third-order valence-electron chi connectivity index (χ3n) is 4.39. The SMILES string of the molecule is NC(=O)[C@@H](OC(=O)CCn1nnc2ccccc2c1=O)C1CCOCC1. The van der Waals surface area contributed by atoms with Crippen LogP contribution < -0.4 is 11.3 Å². The Hall–Kier alpha value is -2.81. The first kappa shape index (κ1) is 18.0. The summed E-state index contributed by atoms with van der Waals surface area (Å²) in [4.78, 5) is 36.1. The highest BCUT2D eigenvalue weighted by atomic mass is 16.5. The highest BCUT2D eigenvalue weighted by Crippen LogP contribution is 2.21. The van der Waals surface area contributed by atoms with Crippen molar-refractivity contribution in [3.63, 3.8) is 0 Å². The summed E-state index contributed by atoms with van der Waals surface area (Å²) in [5.41, 5.74) is 5.53. The molecular formula is C17H20N4O5. The van der Waals surface area contributed by atoms with E-state index in [9.17, 15) is 14.4 Å². The van der Waals surface area contributed by atoms with E-state index in [2.05, 4.69) is 10.3 Å². The molecule has 1 aromatic heterocycles. The standard InChI is InChI=1S/C17H20N4O5/c18-16(23)15(11-6-9-25-10-7-11)26-14(22)5-8-21-17(24)12-3-1-2-4-13(12)19-20-21/h1-4,11,15H,5-10H2,(H2,18,23)/t15-/m0/s1. The predicted molar refractivity (Wildman–Crippen MR) is 91.0 cm³/mol. The molecule has 26 heavy (non-hydrogen) atoms. The van der Waals surface area contributed by atoms with E-state index in [-0.39, 0.29) is 24.4 Å². The Morgan fingerprint density at radius 2 is 2.04 bits per heavy atom. The number of esters is 1. The van der Waals surface area contributed by atoms with Crippen molar-refractivity contribution in [2.24, 2.45) is 11.7 Å². The summed E-state index contributed by atoms with van der Waals surface area (Å²) in [6, 6.07) is 6.83. The molecule has 1 aromatic carbocycles. The zero-order valence-electron chi connectivity index (χ0n) is 14.2. The zero-order chi connectivity index (χ0) is 18.5. The van der Waals surface area contributed by atoms with Crippen LogP contribution in [0.4, 0.5) is 0 Å². The number of aryl methyl sites for hydroxylation is 1. The number of nitrogens with two attached hydrogens (primary N) is 1.